The van der Waals surface area contributed by atoms with Crippen molar-refractivity contribution in [2.75, 3.05) is 19.6 Å². The molecular formula is C20H24N2O. The first-order chi connectivity index (χ1) is 11.2. The molecule has 0 bridgehead atoms. The predicted molar refractivity (Wildman–Crippen MR) is 93.3 cm³/mol. The number of amides is 1. The second-order valence-corrected chi connectivity index (χ2v) is 5.81. The lowest BCUT2D eigenvalue weighted by Crippen LogP contribution is -2.56. The van der Waals surface area contributed by atoms with E-state index in [0.717, 1.165) is 29.8 Å². The van der Waals surface area contributed by atoms with Crippen LogP contribution in [0, 0.1) is 0 Å². The van der Waals surface area contributed by atoms with Crippen molar-refractivity contribution < 1.29 is 4.79 Å². The van der Waals surface area contributed by atoms with E-state index in [1.165, 1.54) is 0 Å². The zero-order chi connectivity index (χ0) is 16.4. The normalized spacial score (nSPS) is 20.2. The molecule has 0 saturated carbocycles. The third-order valence-electron chi connectivity index (χ3n) is 4.88. The summed E-state index contributed by atoms with van der Waals surface area (Å²) in [5.74, 6) is 0.124. The lowest BCUT2D eigenvalue weighted by Gasteiger charge is -2.47. The van der Waals surface area contributed by atoms with Crippen molar-refractivity contribution in [3.63, 3.8) is 0 Å². The van der Waals surface area contributed by atoms with E-state index < -0.39 is 5.66 Å². The standard InChI is InChI=1S/C20H24N2O/c1-4-21(5-2)20(16-12-8-7-9-13-16)18-15-11-10-14-17(18)19(23)22(20)6-3/h7-15H,4-6H2,1-3H3. The van der Waals surface area contributed by atoms with Crippen LogP contribution in [0.4, 0.5) is 0 Å². The Morgan fingerprint density at radius 3 is 2.13 bits per heavy atom. The summed E-state index contributed by atoms with van der Waals surface area (Å²) in [4.78, 5) is 17.5. The van der Waals surface area contributed by atoms with Gasteiger partial charge in [-0.1, -0.05) is 62.4 Å². The number of fused-ring (bicyclic) bond motifs is 1. The van der Waals surface area contributed by atoms with Crippen LogP contribution in [0.2, 0.25) is 0 Å². The summed E-state index contributed by atoms with van der Waals surface area (Å²) >= 11 is 0. The Hall–Kier alpha value is -2.13. The maximum atomic E-state index is 13.1. The monoisotopic (exact) mass is 308 g/mol. The Kier molecular flexibility index (Phi) is 4.22. The first kappa shape index (κ1) is 15.8. The van der Waals surface area contributed by atoms with Gasteiger partial charge in [-0.15, -0.1) is 0 Å². The molecular weight excluding hydrogens is 284 g/mol. The van der Waals surface area contributed by atoms with Gasteiger partial charge in [0.1, 0.15) is 5.66 Å². The first-order valence-corrected chi connectivity index (χ1v) is 8.43. The molecule has 1 amide bonds. The molecule has 0 N–H and O–H groups in total. The zero-order valence-electron chi connectivity index (χ0n) is 14.1. The van der Waals surface area contributed by atoms with Crippen LogP contribution >= 0.6 is 0 Å². The van der Waals surface area contributed by atoms with Crippen molar-refractivity contribution in [1.82, 2.24) is 9.80 Å². The fourth-order valence-electron chi connectivity index (χ4n) is 3.97. The first-order valence-electron chi connectivity index (χ1n) is 8.43. The van der Waals surface area contributed by atoms with Crippen LogP contribution in [0.25, 0.3) is 0 Å². The average Bonchev–Trinajstić information content (AvgIpc) is 2.87. The molecule has 23 heavy (non-hydrogen) atoms. The predicted octanol–water partition coefficient (Wildman–Crippen LogP) is 3.71. The molecule has 2 aromatic carbocycles. The minimum atomic E-state index is -0.507. The number of carbonyl (C=O) groups is 1. The van der Waals surface area contributed by atoms with Crippen LogP contribution in [0.1, 0.15) is 42.3 Å². The maximum Gasteiger partial charge on any atom is 0.256 e. The van der Waals surface area contributed by atoms with Crippen molar-refractivity contribution in [1.29, 1.82) is 0 Å². The SMILES string of the molecule is CCN(CC)C1(c2ccccc2)c2ccccc2C(=O)N1CC. The highest BCUT2D eigenvalue weighted by molar-refractivity contribution is 6.00. The lowest BCUT2D eigenvalue weighted by molar-refractivity contribution is -0.00225. The second-order valence-electron chi connectivity index (χ2n) is 5.81. The van der Waals surface area contributed by atoms with E-state index in [0.29, 0.717) is 6.54 Å². The van der Waals surface area contributed by atoms with E-state index in [4.69, 9.17) is 0 Å². The Bertz CT molecular complexity index is 694. The van der Waals surface area contributed by atoms with Gasteiger partial charge in [-0.25, -0.2) is 0 Å². The molecule has 1 atom stereocenters. The van der Waals surface area contributed by atoms with Crippen LogP contribution in [-0.4, -0.2) is 35.3 Å². The molecule has 0 spiro atoms. The largest absolute Gasteiger partial charge is 0.312 e. The Balaban J connectivity index is 2.36. The average molecular weight is 308 g/mol. The summed E-state index contributed by atoms with van der Waals surface area (Å²) in [6, 6.07) is 18.5. The molecule has 1 aliphatic rings. The molecule has 3 rings (SSSR count). The summed E-state index contributed by atoms with van der Waals surface area (Å²) < 4.78 is 0. The van der Waals surface area contributed by atoms with Crippen molar-refractivity contribution in [2.45, 2.75) is 26.4 Å². The van der Waals surface area contributed by atoms with Gasteiger partial charge in [-0.2, -0.15) is 0 Å². The Morgan fingerprint density at radius 2 is 1.52 bits per heavy atom. The summed E-state index contributed by atoms with van der Waals surface area (Å²) in [6.07, 6.45) is 0. The van der Waals surface area contributed by atoms with E-state index in [1.54, 1.807) is 0 Å². The lowest BCUT2D eigenvalue weighted by atomic mass is 9.88. The number of carbonyl (C=O) groups excluding carboxylic acids is 1. The van der Waals surface area contributed by atoms with Crippen molar-refractivity contribution in [3.8, 4) is 0 Å². The van der Waals surface area contributed by atoms with Gasteiger partial charge in [-0.3, -0.25) is 9.69 Å². The molecule has 1 unspecified atom stereocenters. The Labute approximate surface area is 138 Å². The summed E-state index contributed by atoms with van der Waals surface area (Å²) in [5, 5.41) is 0. The van der Waals surface area contributed by atoms with Gasteiger partial charge in [0.05, 0.1) is 0 Å². The number of hydrogen-bond donors (Lipinski definition) is 0. The number of benzene rings is 2. The van der Waals surface area contributed by atoms with Gasteiger partial charge in [0.2, 0.25) is 0 Å². The van der Waals surface area contributed by atoms with Gasteiger partial charge >= 0.3 is 0 Å². The highest BCUT2D eigenvalue weighted by Gasteiger charge is 2.52. The molecule has 0 aromatic heterocycles. The molecule has 1 aliphatic heterocycles. The van der Waals surface area contributed by atoms with Gasteiger partial charge in [0, 0.05) is 17.7 Å². The van der Waals surface area contributed by atoms with E-state index in [1.807, 2.05) is 29.2 Å². The van der Waals surface area contributed by atoms with E-state index >= 15 is 0 Å². The van der Waals surface area contributed by atoms with Crippen LogP contribution < -0.4 is 0 Å². The summed E-state index contributed by atoms with van der Waals surface area (Å²) in [5.41, 5.74) is 2.57. The molecule has 0 aliphatic carbocycles. The molecule has 0 radical (unpaired) electrons. The third-order valence-corrected chi connectivity index (χ3v) is 4.88. The highest BCUT2D eigenvalue weighted by Crippen LogP contribution is 2.46. The molecule has 120 valence electrons. The highest BCUT2D eigenvalue weighted by atomic mass is 16.2. The van der Waals surface area contributed by atoms with E-state index in [-0.39, 0.29) is 5.91 Å². The molecule has 3 heteroatoms. The van der Waals surface area contributed by atoms with Crippen LogP contribution in [0.15, 0.2) is 54.6 Å². The van der Waals surface area contributed by atoms with E-state index in [2.05, 4.69) is 56.0 Å². The van der Waals surface area contributed by atoms with Crippen LogP contribution in [0.5, 0.6) is 0 Å². The minimum absolute atomic E-state index is 0.124. The minimum Gasteiger partial charge on any atom is -0.312 e. The molecule has 1 heterocycles. The summed E-state index contributed by atoms with van der Waals surface area (Å²) in [6.45, 7) is 8.82. The van der Waals surface area contributed by atoms with Crippen molar-refractivity contribution in [2.24, 2.45) is 0 Å². The van der Waals surface area contributed by atoms with Gasteiger partial charge in [0.15, 0.2) is 0 Å². The molecule has 0 fully saturated rings. The summed E-state index contributed by atoms with van der Waals surface area (Å²) in [7, 11) is 0. The number of hydrogen-bond acceptors (Lipinski definition) is 2. The number of rotatable bonds is 5. The molecule has 2 aromatic rings. The fraction of sp³-hybridized carbons (Fsp3) is 0.350. The second kappa shape index (κ2) is 6.17. The van der Waals surface area contributed by atoms with Gasteiger partial charge in [0.25, 0.3) is 5.91 Å². The zero-order valence-corrected chi connectivity index (χ0v) is 14.1. The van der Waals surface area contributed by atoms with Crippen LogP contribution in [-0.2, 0) is 5.66 Å². The number of nitrogens with zero attached hydrogens (tertiary/aromatic N) is 2. The van der Waals surface area contributed by atoms with Gasteiger partial charge < -0.3 is 4.90 Å². The van der Waals surface area contributed by atoms with Crippen molar-refractivity contribution in [3.05, 3.63) is 71.3 Å². The maximum absolute atomic E-state index is 13.1. The van der Waals surface area contributed by atoms with E-state index in [9.17, 15) is 4.79 Å². The topological polar surface area (TPSA) is 23.6 Å². The fourth-order valence-corrected chi connectivity index (χ4v) is 3.97. The Morgan fingerprint density at radius 1 is 0.913 bits per heavy atom. The van der Waals surface area contributed by atoms with Gasteiger partial charge in [-0.05, 0) is 31.6 Å². The smallest absolute Gasteiger partial charge is 0.256 e. The van der Waals surface area contributed by atoms with Crippen LogP contribution in [0.3, 0.4) is 0 Å². The van der Waals surface area contributed by atoms with Crippen molar-refractivity contribution >= 4 is 5.91 Å². The third kappa shape index (κ3) is 2.11. The quantitative estimate of drug-likeness (QED) is 0.841. The molecule has 3 nitrogen and oxygen atoms in total. The molecule has 0 saturated heterocycles.